The average molecular weight is 414 g/mol. The number of carbonyl (C=O) groups excluding carboxylic acids is 1. The van der Waals surface area contributed by atoms with Crippen LogP contribution in [-0.2, 0) is 4.79 Å². The van der Waals surface area contributed by atoms with Crippen molar-refractivity contribution in [1.29, 1.82) is 0 Å². The lowest BCUT2D eigenvalue weighted by atomic mass is 9.97. The molecular weight excluding hydrogens is 391 g/mol. The number of halogens is 4. The Labute approximate surface area is 167 Å². The van der Waals surface area contributed by atoms with Gasteiger partial charge in [0.25, 0.3) is 0 Å². The Kier molecular flexibility index (Phi) is 7.29. The van der Waals surface area contributed by atoms with Crippen molar-refractivity contribution in [2.45, 2.75) is 32.0 Å². The fourth-order valence-corrected chi connectivity index (χ4v) is 3.40. The van der Waals surface area contributed by atoms with Crippen LogP contribution in [0.1, 0.15) is 20.3 Å². The van der Waals surface area contributed by atoms with Crippen molar-refractivity contribution in [1.82, 2.24) is 4.98 Å². The lowest BCUT2D eigenvalue weighted by molar-refractivity contribution is -0.144. The van der Waals surface area contributed by atoms with Crippen LogP contribution in [0.4, 0.5) is 24.5 Å². The van der Waals surface area contributed by atoms with Crippen LogP contribution in [0.2, 0.25) is 5.02 Å². The zero-order valence-electron chi connectivity index (χ0n) is 15.8. The predicted octanol–water partition coefficient (Wildman–Crippen LogP) is 4.98. The minimum Gasteiger partial charge on any atom is -0.366 e. The van der Waals surface area contributed by atoms with Crippen molar-refractivity contribution in [3.05, 3.63) is 53.8 Å². The molecule has 0 N–H and O–H groups in total. The molecule has 1 aliphatic rings. The smallest absolute Gasteiger partial charge is 0.366 e. The molecule has 1 aliphatic heterocycles. The third-order valence-corrected chi connectivity index (χ3v) is 4.67. The molecule has 0 atom stereocenters. The van der Waals surface area contributed by atoms with E-state index in [9.17, 15) is 13.2 Å². The molecule has 1 aromatic heterocycles. The van der Waals surface area contributed by atoms with Gasteiger partial charge in [-0.2, -0.15) is 13.2 Å². The van der Waals surface area contributed by atoms with E-state index in [4.69, 9.17) is 16.4 Å². The summed E-state index contributed by atoms with van der Waals surface area (Å²) in [6.45, 7) is 7.44. The summed E-state index contributed by atoms with van der Waals surface area (Å²) in [7, 11) is 0. The maximum atomic E-state index is 10.8. The zero-order valence-corrected chi connectivity index (χ0v) is 16.5. The molecule has 0 radical (unpaired) electrons. The minimum absolute atomic E-state index is 0.0478. The highest BCUT2D eigenvalue weighted by molar-refractivity contribution is 6.33. The van der Waals surface area contributed by atoms with E-state index >= 15 is 0 Å². The summed E-state index contributed by atoms with van der Waals surface area (Å²) in [4.78, 5) is 18.0. The van der Waals surface area contributed by atoms with E-state index in [1.807, 2.05) is 6.07 Å². The maximum absolute atomic E-state index is 10.8. The van der Waals surface area contributed by atoms with Crippen molar-refractivity contribution in [3.63, 3.8) is 0 Å². The van der Waals surface area contributed by atoms with Gasteiger partial charge < -0.3 is 14.6 Å². The highest BCUT2D eigenvalue weighted by Gasteiger charge is 2.34. The maximum Gasteiger partial charge on any atom is 0.395 e. The first-order valence-electron chi connectivity index (χ1n) is 8.81. The van der Waals surface area contributed by atoms with E-state index in [2.05, 4.69) is 59.0 Å². The Balaban J connectivity index is 0.000000345. The van der Waals surface area contributed by atoms with Gasteiger partial charge in [-0.05, 0) is 32.0 Å². The number of anilines is 2. The van der Waals surface area contributed by atoms with Gasteiger partial charge in [0.05, 0.1) is 22.7 Å². The van der Waals surface area contributed by atoms with Gasteiger partial charge >= 0.3 is 6.18 Å². The number of benzene rings is 1. The molecule has 0 bridgehead atoms. The quantitative estimate of drug-likeness (QED) is 0.665. The van der Waals surface area contributed by atoms with Gasteiger partial charge in [-0.3, -0.25) is 4.98 Å². The lowest BCUT2D eigenvalue weighted by Gasteiger charge is -2.49. The summed E-state index contributed by atoms with van der Waals surface area (Å²) in [5.74, 6) is 0. The summed E-state index contributed by atoms with van der Waals surface area (Å²) in [5, 5.41) is 0.724. The first-order chi connectivity index (χ1) is 13.1. The van der Waals surface area contributed by atoms with E-state index in [1.165, 1.54) is 5.69 Å². The van der Waals surface area contributed by atoms with Gasteiger partial charge in [0, 0.05) is 37.7 Å². The van der Waals surface area contributed by atoms with Crippen molar-refractivity contribution in [2.24, 2.45) is 0 Å². The Bertz CT molecular complexity index is 769. The average Bonchev–Trinajstić information content (AvgIpc) is 2.61. The van der Waals surface area contributed by atoms with Crippen LogP contribution in [0, 0.1) is 0 Å². The van der Waals surface area contributed by atoms with Gasteiger partial charge in [0.1, 0.15) is 6.29 Å². The molecule has 152 valence electrons. The molecule has 2 aromatic rings. The topological polar surface area (TPSA) is 36.4 Å². The lowest BCUT2D eigenvalue weighted by Crippen LogP contribution is -2.59. The summed E-state index contributed by atoms with van der Waals surface area (Å²) >= 11 is 6.29. The molecule has 0 saturated carbocycles. The van der Waals surface area contributed by atoms with Crippen molar-refractivity contribution in [2.75, 3.05) is 29.4 Å². The van der Waals surface area contributed by atoms with Crippen LogP contribution in [0.15, 0.2) is 48.8 Å². The second-order valence-corrected chi connectivity index (χ2v) is 7.44. The van der Waals surface area contributed by atoms with Gasteiger partial charge in [0.2, 0.25) is 0 Å². The van der Waals surface area contributed by atoms with Crippen molar-refractivity contribution in [3.8, 4) is 0 Å². The first-order valence-corrected chi connectivity index (χ1v) is 9.19. The number of hydrogen-bond acceptors (Lipinski definition) is 4. The van der Waals surface area contributed by atoms with Gasteiger partial charge in [-0.1, -0.05) is 29.8 Å². The number of pyridine rings is 1. The number of nitrogens with zero attached hydrogens (tertiary/aromatic N) is 3. The fraction of sp³-hybridized carbons (Fsp3) is 0.400. The molecule has 8 heteroatoms. The van der Waals surface area contributed by atoms with Gasteiger partial charge in [-0.25, -0.2) is 0 Å². The Morgan fingerprint density at radius 2 is 1.86 bits per heavy atom. The Morgan fingerprint density at radius 1 is 1.18 bits per heavy atom. The molecule has 0 unspecified atom stereocenters. The summed E-state index contributed by atoms with van der Waals surface area (Å²) in [6.07, 6.45) is -2.31. The van der Waals surface area contributed by atoms with Gasteiger partial charge in [0.15, 0.2) is 0 Å². The van der Waals surface area contributed by atoms with Crippen LogP contribution < -0.4 is 9.80 Å². The third kappa shape index (κ3) is 6.12. The van der Waals surface area contributed by atoms with E-state index in [-0.39, 0.29) is 11.8 Å². The molecule has 1 aromatic carbocycles. The molecule has 0 aliphatic carbocycles. The predicted molar refractivity (Wildman–Crippen MR) is 106 cm³/mol. The fourth-order valence-electron chi connectivity index (χ4n) is 3.17. The number of aldehydes is 1. The summed E-state index contributed by atoms with van der Waals surface area (Å²) in [6, 6.07) is 12.6. The largest absolute Gasteiger partial charge is 0.395 e. The number of carbonyl (C=O) groups is 1. The molecular formula is C20H23ClF3N3O. The van der Waals surface area contributed by atoms with Crippen molar-refractivity contribution >= 4 is 29.3 Å². The first kappa shape index (κ1) is 22.0. The van der Waals surface area contributed by atoms with Crippen LogP contribution in [-0.4, -0.2) is 42.6 Å². The zero-order chi connectivity index (χ0) is 20.8. The van der Waals surface area contributed by atoms with Crippen LogP contribution >= 0.6 is 11.6 Å². The molecule has 28 heavy (non-hydrogen) atoms. The normalized spacial score (nSPS) is 16.2. The van der Waals surface area contributed by atoms with E-state index in [0.29, 0.717) is 0 Å². The second kappa shape index (κ2) is 9.28. The highest BCUT2D eigenvalue weighted by Crippen LogP contribution is 2.32. The van der Waals surface area contributed by atoms with Crippen LogP contribution in [0.5, 0.6) is 0 Å². The second-order valence-electron chi connectivity index (χ2n) is 7.03. The number of para-hydroxylation sites is 1. The highest BCUT2D eigenvalue weighted by atomic mass is 35.5. The number of piperazine rings is 1. The molecule has 4 nitrogen and oxygen atoms in total. The molecule has 0 spiro atoms. The Hall–Kier alpha value is -2.28. The van der Waals surface area contributed by atoms with Crippen molar-refractivity contribution < 1.29 is 18.0 Å². The molecule has 3 rings (SSSR count). The van der Waals surface area contributed by atoms with E-state index in [0.717, 1.165) is 30.3 Å². The minimum atomic E-state index is -4.32. The van der Waals surface area contributed by atoms with E-state index in [1.54, 1.807) is 12.4 Å². The van der Waals surface area contributed by atoms with Crippen LogP contribution in [0.3, 0.4) is 0 Å². The Morgan fingerprint density at radius 3 is 2.36 bits per heavy atom. The number of rotatable bonds is 3. The summed E-state index contributed by atoms with van der Waals surface area (Å²) in [5.41, 5.74) is 2.40. The monoisotopic (exact) mass is 413 g/mol. The standard InChI is InChI=1S/C17H20ClN3.C3H3F3O/c1-17(2)13-20(16-8-9-19-12-15(16)18)10-11-21(17)14-6-4-3-5-7-14;4-3(5,6)1-2-7/h3-9,12H,10-11,13H2,1-2H3;2H,1H2. The molecule has 1 saturated heterocycles. The third-order valence-electron chi connectivity index (χ3n) is 4.38. The number of alkyl halides is 3. The number of hydrogen-bond donors (Lipinski definition) is 0. The van der Waals surface area contributed by atoms with Gasteiger partial charge in [-0.15, -0.1) is 0 Å². The summed E-state index contributed by atoms with van der Waals surface area (Å²) < 4.78 is 32.5. The van der Waals surface area contributed by atoms with Crippen LogP contribution in [0.25, 0.3) is 0 Å². The number of aromatic nitrogens is 1. The molecule has 1 fully saturated rings. The SMILES string of the molecule is CC1(C)CN(c2ccncc2Cl)CCN1c1ccccc1.O=CCC(F)(F)F. The molecule has 0 amide bonds. The van der Waals surface area contributed by atoms with E-state index < -0.39 is 12.6 Å². The molecule has 2 heterocycles.